The molecule has 6 heteroatoms. The molecule has 6 nitrogen and oxygen atoms in total. The van der Waals surface area contributed by atoms with Crippen LogP contribution < -0.4 is 20.4 Å². The van der Waals surface area contributed by atoms with Crippen molar-refractivity contribution >= 4 is 17.5 Å². The largest absolute Gasteiger partial charge is 0.371 e. The second-order valence-corrected chi connectivity index (χ2v) is 9.51. The fourth-order valence-corrected chi connectivity index (χ4v) is 3.83. The molecule has 1 fully saturated rings. The average molecular weight is 423 g/mol. The van der Waals surface area contributed by atoms with Crippen LogP contribution in [0.3, 0.4) is 0 Å². The smallest absolute Gasteiger partial charge is 0.191 e. The van der Waals surface area contributed by atoms with E-state index in [-0.39, 0.29) is 5.41 Å². The number of aliphatic imine (C=N–C) groups is 1. The number of pyridine rings is 1. The van der Waals surface area contributed by atoms with Gasteiger partial charge in [-0.15, -0.1) is 0 Å². The van der Waals surface area contributed by atoms with Gasteiger partial charge in [0.2, 0.25) is 0 Å². The SMILES string of the molecule is CN=C(NCc1cccc(N(C)C)n1)NC1CCN(c2ccc(C(C)(C)C)cc2)CC1. The molecule has 168 valence electrons. The number of nitrogens with zero attached hydrogens (tertiary/aromatic N) is 4. The van der Waals surface area contributed by atoms with Gasteiger partial charge in [-0.25, -0.2) is 4.98 Å². The topological polar surface area (TPSA) is 55.8 Å². The van der Waals surface area contributed by atoms with Crippen LogP contribution in [-0.2, 0) is 12.0 Å². The fourth-order valence-electron chi connectivity index (χ4n) is 3.83. The first kappa shape index (κ1) is 22.9. The molecule has 0 amide bonds. The lowest BCUT2D eigenvalue weighted by Crippen LogP contribution is -2.48. The van der Waals surface area contributed by atoms with Gasteiger partial charge in [0.1, 0.15) is 5.82 Å². The van der Waals surface area contributed by atoms with Crippen molar-refractivity contribution in [3.05, 3.63) is 53.7 Å². The highest BCUT2D eigenvalue weighted by atomic mass is 15.2. The number of piperidine rings is 1. The molecule has 31 heavy (non-hydrogen) atoms. The van der Waals surface area contributed by atoms with Crippen LogP contribution in [0, 0.1) is 0 Å². The van der Waals surface area contributed by atoms with E-state index in [9.17, 15) is 0 Å². The summed E-state index contributed by atoms with van der Waals surface area (Å²) in [5.74, 6) is 1.80. The van der Waals surface area contributed by atoms with Crippen molar-refractivity contribution in [2.24, 2.45) is 4.99 Å². The maximum atomic E-state index is 4.66. The summed E-state index contributed by atoms with van der Waals surface area (Å²) in [7, 11) is 5.83. The summed E-state index contributed by atoms with van der Waals surface area (Å²) in [6, 6.07) is 15.6. The molecule has 1 aromatic carbocycles. The molecule has 2 N–H and O–H groups in total. The standard InChI is InChI=1S/C25H38N6/c1-25(2,3)19-10-12-22(13-11-19)31-16-14-20(15-17-31)29-24(26-4)27-18-21-8-7-9-23(28-21)30(5)6/h7-13,20H,14-18H2,1-6H3,(H2,26,27,29). The first-order valence-corrected chi connectivity index (χ1v) is 11.2. The third-order valence-corrected chi connectivity index (χ3v) is 5.85. The van der Waals surface area contributed by atoms with Gasteiger partial charge in [0.25, 0.3) is 0 Å². The fraction of sp³-hybridized carbons (Fsp3) is 0.520. The molecule has 0 aliphatic carbocycles. The van der Waals surface area contributed by atoms with Gasteiger partial charge in [-0.3, -0.25) is 4.99 Å². The number of benzene rings is 1. The quantitative estimate of drug-likeness (QED) is 0.567. The monoisotopic (exact) mass is 422 g/mol. The van der Waals surface area contributed by atoms with E-state index in [2.05, 4.69) is 70.5 Å². The Labute approximate surface area is 187 Å². The summed E-state index contributed by atoms with van der Waals surface area (Å²) in [4.78, 5) is 13.6. The molecule has 1 saturated heterocycles. The first-order valence-electron chi connectivity index (χ1n) is 11.2. The van der Waals surface area contributed by atoms with E-state index in [1.807, 2.05) is 44.2 Å². The lowest BCUT2D eigenvalue weighted by Gasteiger charge is -2.35. The summed E-state index contributed by atoms with van der Waals surface area (Å²) in [5, 5.41) is 6.99. The number of nitrogens with one attached hydrogen (secondary N) is 2. The summed E-state index contributed by atoms with van der Waals surface area (Å²) >= 11 is 0. The Kier molecular flexibility index (Phi) is 7.42. The molecular weight excluding hydrogens is 384 g/mol. The predicted octanol–water partition coefficient (Wildman–Crippen LogP) is 3.78. The van der Waals surface area contributed by atoms with Crippen LogP contribution in [0.1, 0.15) is 44.9 Å². The zero-order chi connectivity index (χ0) is 22.4. The highest BCUT2D eigenvalue weighted by molar-refractivity contribution is 5.80. The van der Waals surface area contributed by atoms with E-state index >= 15 is 0 Å². The van der Waals surface area contributed by atoms with Gasteiger partial charge in [0.15, 0.2) is 5.96 Å². The number of hydrogen-bond donors (Lipinski definition) is 2. The Morgan fingerprint density at radius 3 is 2.35 bits per heavy atom. The average Bonchev–Trinajstić information content (AvgIpc) is 2.76. The van der Waals surface area contributed by atoms with Crippen molar-refractivity contribution < 1.29 is 0 Å². The van der Waals surface area contributed by atoms with Gasteiger partial charge in [-0.2, -0.15) is 0 Å². The summed E-state index contributed by atoms with van der Waals surface area (Å²) in [5.41, 5.74) is 3.90. The van der Waals surface area contributed by atoms with E-state index in [1.54, 1.807) is 0 Å². The highest BCUT2D eigenvalue weighted by Gasteiger charge is 2.21. The zero-order valence-electron chi connectivity index (χ0n) is 19.9. The molecule has 0 radical (unpaired) electrons. The number of guanidine groups is 1. The minimum Gasteiger partial charge on any atom is -0.371 e. The van der Waals surface area contributed by atoms with E-state index < -0.39 is 0 Å². The van der Waals surface area contributed by atoms with Crippen molar-refractivity contribution in [2.45, 2.75) is 51.6 Å². The first-order chi connectivity index (χ1) is 14.8. The maximum absolute atomic E-state index is 4.66. The predicted molar refractivity (Wildman–Crippen MR) is 132 cm³/mol. The van der Waals surface area contributed by atoms with Gasteiger partial charge in [-0.1, -0.05) is 39.0 Å². The molecule has 0 atom stereocenters. The summed E-state index contributed by atoms with van der Waals surface area (Å²) in [6.45, 7) is 9.53. The summed E-state index contributed by atoms with van der Waals surface area (Å²) in [6.07, 6.45) is 2.19. The Hall–Kier alpha value is -2.76. The molecule has 1 aliphatic rings. The van der Waals surface area contributed by atoms with Gasteiger partial charge in [-0.05, 0) is 48.1 Å². The van der Waals surface area contributed by atoms with Gasteiger partial charge >= 0.3 is 0 Å². The minimum atomic E-state index is 0.196. The van der Waals surface area contributed by atoms with Gasteiger partial charge in [0, 0.05) is 46.0 Å². The highest BCUT2D eigenvalue weighted by Crippen LogP contribution is 2.26. The molecule has 0 spiro atoms. The molecule has 0 bridgehead atoms. The third-order valence-electron chi connectivity index (χ3n) is 5.85. The second kappa shape index (κ2) is 10.0. The Morgan fingerprint density at radius 1 is 1.10 bits per heavy atom. The van der Waals surface area contributed by atoms with Crippen molar-refractivity contribution in [1.82, 2.24) is 15.6 Å². The van der Waals surface area contributed by atoms with Gasteiger partial charge < -0.3 is 20.4 Å². The van der Waals surface area contributed by atoms with Crippen LogP contribution in [0.25, 0.3) is 0 Å². The maximum Gasteiger partial charge on any atom is 0.191 e. The van der Waals surface area contributed by atoms with Crippen LogP contribution in [0.4, 0.5) is 11.5 Å². The van der Waals surface area contributed by atoms with E-state index in [0.717, 1.165) is 43.4 Å². The minimum absolute atomic E-state index is 0.196. The van der Waals surface area contributed by atoms with Crippen LogP contribution in [-0.4, -0.2) is 51.2 Å². The Balaban J connectivity index is 1.48. The number of aromatic nitrogens is 1. The number of anilines is 2. The van der Waals surface area contributed by atoms with E-state index in [4.69, 9.17) is 0 Å². The zero-order valence-corrected chi connectivity index (χ0v) is 19.9. The molecular formula is C25H38N6. The van der Waals surface area contributed by atoms with Crippen molar-refractivity contribution in [3.8, 4) is 0 Å². The van der Waals surface area contributed by atoms with Crippen LogP contribution >= 0.6 is 0 Å². The molecule has 0 unspecified atom stereocenters. The molecule has 0 saturated carbocycles. The molecule has 1 aliphatic heterocycles. The number of rotatable bonds is 5. The van der Waals surface area contributed by atoms with Crippen molar-refractivity contribution in [2.75, 3.05) is 44.0 Å². The Morgan fingerprint density at radius 2 is 1.77 bits per heavy atom. The molecule has 3 rings (SSSR count). The second-order valence-electron chi connectivity index (χ2n) is 9.51. The third kappa shape index (κ3) is 6.36. The normalized spacial score (nSPS) is 15.7. The van der Waals surface area contributed by atoms with E-state index in [1.165, 1.54) is 11.3 Å². The Bertz CT molecular complexity index is 858. The van der Waals surface area contributed by atoms with Gasteiger partial charge in [0.05, 0.1) is 12.2 Å². The lowest BCUT2D eigenvalue weighted by atomic mass is 9.87. The molecule has 2 heterocycles. The molecule has 2 aromatic rings. The summed E-state index contributed by atoms with van der Waals surface area (Å²) < 4.78 is 0. The van der Waals surface area contributed by atoms with E-state index in [0.29, 0.717) is 12.6 Å². The van der Waals surface area contributed by atoms with Crippen molar-refractivity contribution in [3.63, 3.8) is 0 Å². The molecule has 1 aromatic heterocycles. The number of hydrogen-bond acceptors (Lipinski definition) is 4. The van der Waals surface area contributed by atoms with Crippen molar-refractivity contribution in [1.29, 1.82) is 0 Å². The lowest BCUT2D eigenvalue weighted by molar-refractivity contribution is 0.461. The van der Waals surface area contributed by atoms with Crippen LogP contribution in [0.2, 0.25) is 0 Å². The van der Waals surface area contributed by atoms with Crippen LogP contribution in [0.15, 0.2) is 47.5 Å². The van der Waals surface area contributed by atoms with Crippen LogP contribution in [0.5, 0.6) is 0 Å².